The summed E-state index contributed by atoms with van der Waals surface area (Å²) in [5.74, 6) is 0.675. The van der Waals surface area contributed by atoms with Gasteiger partial charge >= 0.3 is 0 Å². The molecule has 0 radical (unpaired) electrons. The van der Waals surface area contributed by atoms with Crippen molar-refractivity contribution in [2.24, 2.45) is 11.7 Å². The van der Waals surface area contributed by atoms with E-state index in [1.807, 2.05) is 0 Å². The van der Waals surface area contributed by atoms with Crippen molar-refractivity contribution in [3.8, 4) is 0 Å². The van der Waals surface area contributed by atoms with Gasteiger partial charge in [-0.15, -0.1) is 0 Å². The number of nitrogens with zero attached hydrogens (tertiary/aromatic N) is 1. The molecule has 1 heterocycles. The summed E-state index contributed by atoms with van der Waals surface area (Å²) < 4.78 is 5.37. The van der Waals surface area contributed by atoms with Crippen molar-refractivity contribution in [1.82, 2.24) is 10.4 Å². The van der Waals surface area contributed by atoms with Gasteiger partial charge in [-0.05, 0) is 18.8 Å². The molecule has 1 aliphatic carbocycles. The molecule has 2 fully saturated rings. The second-order valence-electron chi connectivity index (χ2n) is 5.22. The minimum Gasteiger partial charge on any atom is -0.379 e. The molecule has 0 aromatic carbocycles. The molecule has 94 valence electrons. The summed E-state index contributed by atoms with van der Waals surface area (Å²) in [5, 5.41) is 2.30. The van der Waals surface area contributed by atoms with Gasteiger partial charge in [0.15, 0.2) is 0 Å². The monoisotopic (exact) mass is 227 g/mol. The van der Waals surface area contributed by atoms with E-state index in [4.69, 9.17) is 10.5 Å². The SMILES string of the molecule is CC1CCCCC1(CN)NN1CCOCC1. The molecular weight excluding hydrogens is 202 g/mol. The third-order valence-corrected chi connectivity index (χ3v) is 4.21. The number of morpholine rings is 1. The van der Waals surface area contributed by atoms with Gasteiger partial charge in [-0.2, -0.15) is 0 Å². The third kappa shape index (κ3) is 2.56. The summed E-state index contributed by atoms with van der Waals surface area (Å²) in [5.41, 5.74) is 9.86. The Kier molecular flexibility index (Phi) is 4.19. The van der Waals surface area contributed by atoms with Crippen LogP contribution in [0.2, 0.25) is 0 Å². The Labute approximate surface area is 98.5 Å². The maximum atomic E-state index is 6.03. The number of nitrogens with one attached hydrogen (secondary N) is 1. The smallest absolute Gasteiger partial charge is 0.0608 e. The fraction of sp³-hybridized carbons (Fsp3) is 1.00. The van der Waals surface area contributed by atoms with Crippen molar-refractivity contribution in [2.45, 2.75) is 38.1 Å². The van der Waals surface area contributed by atoms with Gasteiger partial charge in [0.1, 0.15) is 0 Å². The highest BCUT2D eigenvalue weighted by atomic mass is 16.5. The highest BCUT2D eigenvalue weighted by molar-refractivity contribution is 4.95. The van der Waals surface area contributed by atoms with Gasteiger partial charge in [0.25, 0.3) is 0 Å². The van der Waals surface area contributed by atoms with Crippen LogP contribution in [0, 0.1) is 5.92 Å². The van der Waals surface area contributed by atoms with Crippen LogP contribution in [0.25, 0.3) is 0 Å². The first-order chi connectivity index (χ1) is 7.77. The minimum atomic E-state index is 0.135. The van der Waals surface area contributed by atoms with E-state index in [-0.39, 0.29) is 5.54 Å². The van der Waals surface area contributed by atoms with Crippen LogP contribution in [0.1, 0.15) is 32.6 Å². The van der Waals surface area contributed by atoms with E-state index in [2.05, 4.69) is 17.4 Å². The van der Waals surface area contributed by atoms with Gasteiger partial charge in [0, 0.05) is 25.2 Å². The van der Waals surface area contributed by atoms with E-state index in [1.54, 1.807) is 0 Å². The zero-order chi connectivity index (χ0) is 11.4. The van der Waals surface area contributed by atoms with E-state index in [9.17, 15) is 0 Å². The summed E-state index contributed by atoms with van der Waals surface area (Å²) in [6.45, 7) is 6.71. The van der Waals surface area contributed by atoms with Crippen LogP contribution in [-0.4, -0.2) is 43.4 Å². The molecule has 1 aliphatic heterocycles. The second kappa shape index (κ2) is 5.45. The summed E-state index contributed by atoms with van der Waals surface area (Å²) >= 11 is 0. The lowest BCUT2D eigenvalue weighted by molar-refractivity contribution is -0.0301. The number of hydrazine groups is 1. The molecule has 0 aromatic rings. The summed E-state index contributed by atoms with van der Waals surface area (Å²) in [7, 11) is 0. The lowest BCUT2D eigenvalue weighted by atomic mass is 9.74. The molecule has 2 atom stereocenters. The number of rotatable bonds is 3. The molecule has 16 heavy (non-hydrogen) atoms. The molecule has 0 bridgehead atoms. The Morgan fingerprint density at radius 2 is 2.12 bits per heavy atom. The molecule has 2 rings (SSSR count). The molecule has 4 heteroatoms. The van der Waals surface area contributed by atoms with Crippen LogP contribution in [0.4, 0.5) is 0 Å². The highest BCUT2D eigenvalue weighted by Gasteiger charge is 2.38. The topological polar surface area (TPSA) is 50.5 Å². The predicted molar refractivity (Wildman–Crippen MR) is 64.9 cm³/mol. The van der Waals surface area contributed by atoms with E-state index >= 15 is 0 Å². The first-order valence-electron chi connectivity index (χ1n) is 6.57. The van der Waals surface area contributed by atoms with Gasteiger partial charge in [0.05, 0.1) is 13.2 Å². The molecule has 4 nitrogen and oxygen atoms in total. The van der Waals surface area contributed by atoms with E-state index in [0.717, 1.165) is 32.8 Å². The lowest BCUT2D eigenvalue weighted by Crippen LogP contribution is -2.64. The number of ether oxygens (including phenoxy) is 1. The summed E-state index contributed by atoms with van der Waals surface area (Å²) in [4.78, 5) is 0. The quantitative estimate of drug-likeness (QED) is 0.746. The molecule has 3 N–H and O–H groups in total. The molecule has 1 saturated heterocycles. The molecule has 1 saturated carbocycles. The van der Waals surface area contributed by atoms with Gasteiger partial charge in [-0.1, -0.05) is 19.8 Å². The van der Waals surface area contributed by atoms with Gasteiger partial charge in [-0.25, -0.2) is 10.4 Å². The molecule has 2 aliphatic rings. The van der Waals surface area contributed by atoms with Crippen molar-refractivity contribution in [1.29, 1.82) is 0 Å². The maximum Gasteiger partial charge on any atom is 0.0608 e. The Bertz CT molecular complexity index is 218. The first-order valence-corrected chi connectivity index (χ1v) is 6.57. The molecule has 0 aromatic heterocycles. The zero-order valence-corrected chi connectivity index (χ0v) is 10.4. The van der Waals surface area contributed by atoms with Crippen LogP contribution in [0.3, 0.4) is 0 Å². The average molecular weight is 227 g/mol. The molecular formula is C12H25N3O. The summed E-state index contributed by atoms with van der Waals surface area (Å²) in [6.07, 6.45) is 5.17. The van der Waals surface area contributed by atoms with Gasteiger partial charge < -0.3 is 10.5 Å². The molecule has 0 amide bonds. The molecule has 0 spiro atoms. The van der Waals surface area contributed by atoms with Crippen molar-refractivity contribution in [3.05, 3.63) is 0 Å². The predicted octanol–water partition coefficient (Wildman–Crippen LogP) is 0.731. The Balaban J connectivity index is 1.96. The van der Waals surface area contributed by atoms with E-state index in [1.165, 1.54) is 25.7 Å². The van der Waals surface area contributed by atoms with Crippen LogP contribution in [0.15, 0.2) is 0 Å². The van der Waals surface area contributed by atoms with Gasteiger partial charge in [-0.3, -0.25) is 0 Å². The Morgan fingerprint density at radius 3 is 2.75 bits per heavy atom. The minimum absolute atomic E-state index is 0.135. The molecule has 2 unspecified atom stereocenters. The van der Waals surface area contributed by atoms with E-state index in [0.29, 0.717) is 5.92 Å². The number of nitrogens with two attached hydrogens (primary N) is 1. The average Bonchev–Trinajstić information content (AvgIpc) is 2.34. The fourth-order valence-electron chi connectivity index (χ4n) is 2.92. The summed E-state index contributed by atoms with van der Waals surface area (Å²) in [6, 6.07) is 0. The Hall–Kier alpha value is -0.160. The lowest BCUT2D eigenvalue weighted by Gasteiger charge is -2.46. The zero-order valence-electron chi connectivity index (χ0n) is 10.4. The second-order valence-corrected chi connectivity index (χ2v) is 5.22. The number of hydrogen-bond acceptors (Lipinski definition) is 4. The van der Waals surface area contributed by atoms with Crippen molar-refractivity contribution in [3.63, 3.8) is 0 Å². The van der Waals surface area contributed by atoms with Crippen LogP contribution >= 0.6 is 0 Å². The van der Waals surface area contributed by atoms with Crippen molar-refractivity contribution in [2.75, 3.05) is 32.8 Å². The van der Waals surface area contributed by atoms with Crippen molar-refractivity contribution >= 4 is 0 Å². The maximum absolute atomic E-state index is 6.03. The standard InChI is InChI=1S/C12H25N3O/c1-11-4-2-3-5-12(11,10-13)14-15-6-8-16-9-7-15/h11,14H,2-10,13H2,1H3. The van der Waals surface area contributed by atoms with Crippen LogP contribution in [0.5, 0.6) is 0 Å². The Morgan fingerprint density at radius 1 is 1.38 bits per heavy atom. The van der Waals surface area contributed by atoms with Gasteiger partial charge in [0.2, 0.25) is 0 Å². The first kappa shape index (κ1) is 12.3. The largest absolute Gasteiger partial charge is 0.379 e. The highest BCUT2D eigenvalue weighted by Crippen LogP contribution is 2.33. The fourth-order valence-corrected chi connectivity index (χ4v) is 2.92. The number of hydrogen-bond donors (Lipinski definition) is 2. The van der Waals surface area contributed by atoms with Crippen LogP contribution in [-0.2, 0) is 4.74 Å². The van der Waals surface area contributed by atoms with Crippen LogP contribution < -0.4 is 11.2 Å². The normalized spacial score (nSPS) is 37.5. The van der Waals surface area contributed by atoms with E-state index < -0.39 is 0 Å². The third-order valence-electron chi connectivity index (χ3n) is 4.21. The van der Waals surface area contributed by atoms with Crippen molar-refractivity contribution < 1.29 is 4.74 Å².